The molecule has 0 aromatic heterocycles. The second-order valence-corrected chi connectivity index (χ2v) is 6.50. The van der Waals surface area contributed by atoms with Crippen molar-refractivity contribution in [3.05, 3.63) is 71.8 Å². The molecule has 0 aliphatic rings. The lowest BCUT2D eigenvalue weighted by Gasteiger charge is -2.31. The van der Waals surface area contributed by atoms with E-state index in [1.54, 1.807) is 0 Å². The zero-order valence-corrected chi connectivity index (χ0v) is 15.7. The molecule has 3 nitrogen and oxygen atoms in total. The van der Waals surface area contributed by atoms with Crippen LogP contribution in [-0.2, 0) is 4.79 Å². The van der Waals surface area contributed by atoms with Crippen molar-refractivity contribution in [1.29, 1.82) is 0 Å². The smallest absolute Gasteiger partial charge is 0.237 e. The van der Waals surface area contributed by atoms with Gasteiger partial charge < -0.3 is 4.90 Å². The van der Waals surface area contributed by atoms with Gasteiger partial charge in [-0.15, -0.1) is 0 Å². The molecule has 0 aliphatic carbocycles. The largest absolute Gasteiger partial charge is 0.334 e. The van der Waals surface area contributed by atoms with Gasteiger partial charge in [0.25, 0.3) is 0 Å². The summed E-state index contributed by atoms with van der Waals surface area (Å²) in [5.74, 6) is 0.166. The van der Waals surface area contributed by atoms with Crippen LogP contribution in [0.3, 0.4) is 0 Å². The van der Waals surface area contributed by atoms with Gasteiger partial charge in [0.15, 0.2) is 0 Å². The normalized spacial score (nSPS) is 11.1. The lowest BCUT2D eigenvalue weighted by atomic mass is 9.97. The lowest BCUT2D eigenvalue weighted by molar-refractivity contribution is -0.132. The van der Waals surface area contributed by atoms with Gasteiger partial charge in [0.05, 0.1) is 12.6 Å². The van der Waals surface area contributed by atoms with Crippen molar-refractivity contribution in [2.45, 2.75) is 32.7 Å². The van der Waals surface area contributed by atoms with E-state index in [9.17, 15) is 4.79 Å². The van der Waals surface area contributed by atoms with Crippen LogP contribution in [0.4, 0.5) is 0 Å². The average Bonchev–Trinajstić information content (AvgIpc) is 2.64. The highest BCUT2D eigenvalue weighted by Gasteiger charge is 2.24. The topological polar surface area (TPSA) is 23.6 Å². The van der Waals surface area contributed by atoms with Crippen molar-refractivity contribution < 1.29 is 4.79 Å². The predicted molar refractivity (Wildman–Crippen MR) is 105 cm³/mol. The Bertz CT molecular complexity index is 581. The molecule has 134 valence electrons. The number of likely N-dealkylation sites (N-methyl/N-ethyl adjacent to an activating group) is 1. The molecular weight excluding hydrogens is 308 g/mol. The Hall–Kier alpha value is -2.13. The van der Waals surface area contributed by atoms with Crippen LogP contribution < -0.4 is 0 Å². The van der Waals surface area contributed by atoms with Crippen molar-refractivity contribution in [3.63, 3.8) is 0 Å². The third-order valence-electron chi connectivity index (χ3n) is 4.45. The number of rotatable bonds is 9. The van der Waals surface area contributed by atoms with Crippen LogP contribution in [0.15, 0.2) is 60.7 Å². The van der Waals surface area contributed by atoms with E-state index >= 15 is 0 Å². The Morgan fingerprint density at radius 2 is 1.28 bits per heavy atom. The van der Waals surface area contributed by atoms with Crippen molar-refractivity contribution >= 4 is 5.91 Å². The molecule has 0 spiro atoms. The standard InChI is InChI=1S/C22H30N2O/c1-4-16-24(17-5-2)18-21(25)23(3)22(19-12-8-6-9-13-19)20-14-10-7-11-15-20/h6-15,22H,4-5,16-18H2,1-3H3. The highest BCUT2D eigenvalue weighted by Crippen LogP contribution is 2.27. The average molecular weight is 338 g/mol. The molecule has 1 amide bonds. The van der Waals surface area contributed by atoms with E-state index in [0.717, 1.165) is 37.1 Å². The Kier molecular flexibility index (Phi) is 7.68. The van der Waals surface area contributed by atoms with E-state index in [0.29, 0.717) is 6.54 Å². The van der Waals surface area contributed by atoms with Crippen LogP contribution in [0.25, 0.3) is 0 Å². The maximum Gasteiger partial charge on any atom is 0.237 e. The Balaban J connectivity index is 2.23. The second kappa shape index (κ2) is 10.00. The van der Waals surface area contributed by atoms with Crippen LogP contribution in [0, 0.1) is 0 Å². The minimum atomic E-state index is -0.0556. The van der Waals surface area contributed by atoms with E-state index in [-0.39, 0.29) is 11.9 Å². The molecule has 25 heavy (non-hydrogen) atoms. The first kappa shape index (κ1) is 19.2. The molecule has 2 rings (SSSR count). The number of benzene rings is 2. The molecule has 0 N–H and O–H groups in total. The Morgan fingerprint density at radius 1 is 0.840 bits per heavy atom. The molecule has 0 heterocycles. The highest BCUT2D eigenvalue weighted by molar-refractivity contribution is 5.79. The van der Waals surface area contributed by atoms with Gasteiger partial charge in [-0.1, -0.05) is 74.5 Å². The molecule has 0 saturated carbocycles. The molecule has 2 aromatic carbocycles. The second-order valence-electron chi connectivity index (χ2n) is 6.50. The monoisotopic (exact) mass is 338 g/mol. The molecule has 2 aromatic rings. The summed E-state index contributed by atoms with van der Waals surface area (Å²) in [6.45, 7) is 6.74. The summed E-state index contributed by atoms with van der Waals surface area (Å²) in [5, 5.41) is 0. The number of amides is 1. The van der Waals surface area contributed by atoms with E-state index in [2.05, 4.69) is 43.0 Å². The SMILES string of the molecule is CCCN(CCC)CC(=O)N(C)C(c1ccccc1)c1ccccc1. The van der Waals surface area contributed by atoms with E-state index in [1.165, 1.54) is 0 Å². The first-order valence-corrected chi connectivity index (χ1v) is 9.25. The van der Waals surface area contributed by atoms with E-state index < -0.39 is 0 Å². The van der Waals surface area contributed by atoms with Crippen LogP contribution in [0.2, 0.25) is 0 Å². The maximum atomic E-state index is 13.0. The fraction of sp³-hybridized carbons (Fsp3) is 0.409. The van der Waals surface area contributed by atoms with Crippen molar-refractivity contribution in [1.82, 2.24) is 9.80 Å². The third kappa shape index (κ3) is 5.43. The lowest BCUT2D eigenvalue weighted by Crippen LogP contribution is -2.41. The predicted octanol–water partition coefficient (Wildman–Crippen LogP) is 4.36. The molecule has 0 bridgehead atoms. The summed E-state index contributed by atoms with van der Waals surface area (Å²) in [5.41, 5.74) is 2.28. The van der Waals surface area contributed by atoms with E-state index in [4.69, 9.17) is 0 Å². The third-order valence-corrected chi connectivity index (χ3v) is 4.45. The summed E-state index contributed by atoms with van der Waals surface area (Å²) in [4.78, 5) is 17.1. The van der Waals surface area contributed by atoms with Gasteiger partial charge in [-0.2, -0.15) is 0 Å². The summed E-state index contributed by atoms with van der Waals surface area (Å²) >= 11 is 0. The highest BCUT2D eigenvalue weighted by atomic mass is 16.2. The van der Waals surface area contributed by atoms with Gasteiger partial charge in [-0.05, 0) is 37.1 Å². The zero-order valence-electron chi connectivity index (χ0n) is 15.7. The van der Waals surface area contributed by atoms with Crippen LogP contribution >= 0.6 is 0 Å². The van der Waals surface area contributed by atoms with Crippen molar-refractivity contribution in [2.24, 2.45) is 0 Å². The van der Waals surface area contributed by atoms with Gasteiger partial charge >= 0.3 is 0 Å². The van der Waals surface area contributed by atoms with Gasteiger partial charge in [-0.25, -0.2) is 0 Å². The van der Waals surface area contributed by atoms with E-state index in [1.807, 2.05) is 48.3 Å². The number of hydrogen-bond donors (Lipinski definition) is 0. The van der Waals surface area contributed by atoms with Crippen LogP contribution in [-0.4, -0.2) is 42.4 Å². The molecule has 0 fully saturated rings. The first-order chi connectivity index (χ1) is 12.2. The molecule has 0 aliphatic heterocycles. The zero-order chi connectivity index (χ0) is 18.1. The quantitative estimate of drug-likeness (QED) is 0.678. The summed E-state index contributed by atoms with van der Waals surface area (Å²) in [6.07, 6.45) is 2.13. The number of hydrogen-bond acceptors (Lipinski definition) is 2. The molecule has 0 radical (unpaired) electrons. The molecular formula is C22H30N2O. The number of nitrogens with zero attached hydrogens (tertiary/aromatic N) is 2. The van der Waals surface area contributed by atoms with Gasteiger partial charge in [-0.3, -0.25) is 9.69 Å². The Morgan fingerprint density at radius 3 is 1.68 bits per heavy atom. The fourth-order valence-electron chi connectivity index (χ4n) is 3.26. The minimum absolute atomic E-state index is 0.0556. The van der Waals surface area contributed by atoms with Crippen LogP contribution in [0.1, 0.15) is 43.9 Å². The summed E-state index contributed by atoms with van der Waals surface area (Å²) in [7, 11) is 1.92. The van der Waals surface area contributed by atoms with Crippen LogP contribution in [0.5, 0.6) is 0 Å². The van der Waals surface area contributed by atoms with Gasteiger partial charge in [0, 0.05) is 7.05 Å². The van der Waals surface area contributed by atoms with Gasteiger partial charge in [0.1, 0.15) is 0 Å². The number of carbonyl (C=O) groups is 1. The molecule has 0 atom stereocenters. The molecule has 3 heteroatoms. The number of carbonyl (C=O) groups excluding carboxylic acids is 1. The fourth-order valence-corrected chi connectivity index (χ4v) is 3.26. The molecule has 0 unspecified atom stereocenters. The van der Waals surface area contributed by atoms with Crippen molar-refractivity contribution in [2.75, 3.05) is 26.7 Å². The Labute approximate surface area is 152 Å². The maximum absolute atomic E-state index is 13.0. The van der Waals surface area contributed by atoms with Crippen molar-refractivity contribution in [3.8, 4) is 0 Å². The van der Waals surface area contributed by atoms with Gasteiger partial charge in [0.2, 0.25) is 5.91 Å². The summed E-state index contributed by atoms with van der Waals surface area (Å²) < 4.78 is 0. The first-order valence-electron chi connectivity index (χ1n) is 9.25. The molecule has 0 saturated heterocycles. The minimum Gasteiger partial charge on any atom is -0.334 e. The summed E-state index contributed by atoms with van der Waals surface area (Å²) in [6, 6.07) is 20.5.